The molecule has 0 unspecified atom stereocenters. The third-order valence-electron chi connectivity index (χ3n) is 3.80. The Bertz CT molecular complexity index is 831. The maximum atomic E-state index is 12.4. The van der Waals surface area contributed by atoms with Crippen molar-refractivity contribution in [3.05, 3.63) is 54.1 Å². The molecule has 7 heteroatoms. The molecule has 2 aromatic carbocycles. The largest absolute Gasteiger partial charge is 0.494 e. The van der Waals surface area contributed by atoms with Crippen molar-refractivity contribution in [2.45, 2.75) is 38.1 Å². The zero-order valence-electron chi connectivity index (χ0n) is 15.2. The predicted molar refractivity (Wildman–Crippen MR) is 102 cm³/mol. The Morgan fingerprint density at radius 3 is 2.19 bits per heavy atom. The summed E-state index contributed by atoms with van der Waals surface area (Å²) in [5.74, 6) is 0.163. The number of anilines is 1. The number of aryl methyl sites for hydroxylation is 1. The lowest BCUT2D eigenvalue weighted by atomic mass is 10.1. The molecule has 140 valence electrons. The summed E-state index contributed by atoms with van der Waals surface area (Å²) in [5, 5.41) is 2.71. The molecule has 0 heterocycles. The molecule has 0 aromatic heterocycles. The molecule has 1 amide bonds. The van der Waals surface area contributed by atoms with E-state index >= 15 is 0 Å². The molecule has 6 nitrogen and oxygen atoms in total. The summed E-state index contributed by atoms with van der Waals surface area (Å²) >= 11 is 0. The Morgan fingerprint density at radius 1 is 1.04 bits per heavy atom. The molecule has 26 heavy (non-hydrogen) atoms. The Kier molecular flexibility index (Phi) is 6.76. The summed E-state index contributed by atoms with van der Waals surface area (Å²) in [7, 11) is -3.81. The van der Waals surface area contributed by atoms with Crippen LogP contribution in [0.5, 0.6) is 5.75 Å². The first-order chi connectivity index (χ1) is 12.4. The van der Waals surface area contributed by atoms with Crippen molar-refractivity contribution in [2.75, 3.05) is 11.9 Å². The highest BCUT2D eigenvalue weighted by atomic mass is 32.2. The Morgan fingerprint density at radius 2 is 1.65 bits per heavy atom. The highest BCUT2D eigenvalue weighted by Crippen LogP contribution is 2.16. The van der Waals surface area contributed by atoms with Gasteiger partial charge in [0.05, 0.1) is 17.5 Å². The molecule has 0 bridgehead atoms. The number of ether oxygens (including phenoxy) is 1. The number of carbonyl (C=O) groups is 1. The first-order valence-electron chi connectivity index (χ1n) is 8.50. The van der Waals surface area contributed by atoms with Crippen LogP contribution in [0.15, 0.2) is 53.4 Å². The maximum Gasteiger partial charge on any atom is 0.242 e. The standard InChI is InChI=1S/C19H24N2O4S/c1-4-15-6-8-16(9-7-15)20-19(22)14(3)21-26(23,24)18-12-10-17(11-13-18)25-5-2/h6-14,21H,4-5H2,1-3H3,(H,20,22)/t14-/m0/s1. The van der Waals surface area contributed by atoms with Gasteiger partial charge < -0.3 is 10.1 Å². The van der Waals surface area contributed by atoms with E-state index in [1.807, 2.05) is 26.0 Å². The van der Waals surface area contributed by atoms with Crippen LogP contribution in [0.25, 0.3) is 0 Å². The van der Waals surface area contributed by atoms with Crippen molar-refractivity contribution >= 4 is 21.6 Å². The van der Waals surface area contributed by atoms with Gasteiger partial charge in [-0.25, -0.2) is 8.42 Å². The Hall–Kier alpha value is -2.38. The van der Waals surface area contributed by atoms with Gasteiger partial charge in [0.2, 0.25) is 15.9 Å². The van der Waals surface area contributed by atoms with Gasteiger partial charge in [-0.2, -0.15) is 4.72 Å². The number of amides is 1. The number of carbonyl (C=O) groups excluding carboxylic acids is 1. The second-order valence-corrected chi connectivity index (χ2v) is 7.50. The molecule has 2 rings (SSSR count). The average Bonchev–Trinajstić information content (AvgIpc) is 2.62. The van der Waals surface area contributed by atoms with Crippen LogP contribution in [0.4, 0.5) is 5.69 Å². The minimum Gasteiger partial charge on any atom is -0.494 e. The fourth-order valence-corrected chi connectivity index (χ4v) is 3.51. The summed E-state index contributed by atoms with van der Waals surface area (Å²) in [6.45, 7) is 5.90. The van der Waals surface area contributed by atoms with Crippen LogP contribution in [-0.2, 0) is 21.2 Å². The van der Waals surface area contributed by atoms with Gasteiger partial charge in [0.15, 0.2) is 0 Å². The number of benzene rings is 2. The molecule has 2 N–H and O–H groups in total. The highest BCUT2D eigenvalue weighted by Gasteiger charge is 2.22. The topological polar surface area (TPSA) is 84.5 Å². The van der Waals surface area contributed by atoms with Crippen molar-refractivity contribution in [1.29, 1.82) is 0 Å². The fraction of sp³-hybridized carbons (Fsp3) is 0.316. The third kappa shape index (κ3) is 5.31. The van der Waals surface area contributed by atoms with E-state index in [-0.39, 0.29) is 4.90 Å². The normalized spacial score (nSPS) is 12.4. The van der Waals surface area contributed by atoms with Gasteiger partial charge in [-0.1, -0.05) is 19.1 Å². The molecule has 0 saturated carbocycles. The van der Waals surface area contributed by atoms with Gasteiger partial charge in [-0.3, -0.25) is 4.79 Å². The molecule has 0 aliphatic rings. The number of sulfonamides is 1. The van der Waals surface area contributed by atoms with E-state index in [0.29, 0.717) is 18.0 Å². The minimum absolute atomic E-state index is 0.0768. The molecule has 0 radical (unpaired) electrons. The van der Waals surface area contributed by atoms with E-state index in [1.54, 1.807) is 24.3 Å². The molecule has 0 fully saturated rings. The van der Waals surface area contributed by atoms with E-state index < -0.39 is 22.0 Å². The Balaban J connectivity index is 2.01. The van der Waals surface area contributed by atoms with Crippen LogP contribution >= 0.6 is 0 Å². The van der Waals surface area contributed by atoms with E-state index in [4.69, 9.17) is 4.74 Å². The molecule has 0 aliphatic carbocycles. The lowest BCUT2D eigenvalue weighted by Crippen LogP contribution is -2.41. The molecule has 0 spiro atoms. The zero-order valence-corrected chi connectivity index (χ0v) is 16.0. The summed E-state index contributed by atoms with van der Waals surface area (Å²) in [6.07, 6.45) is 0.909. The second-order valence-electron chi connectivity index (χ2n) is 5.79. The molecule has 0 saturated heterocycles. The van der Waals surface area contributed by atoms with E-state index in [0.717, 1.165) is 12.0 Å². The van der Waals surface area contributed by atoms with Crippen LogP contribution in [0.3, 0.4) is 0 Å². The SMILES string of the molecule is CCOc1ccc(S(=O)(=O)N[C@@H](C)C(=O)Nc2ccc(CC)cc2)cc1. The maximum absolute atomic E-state index is 12.4. The summed E-state index contributed by atoms with van der Waals surface area (Å²) in [6, 6.07) is 12.6. The average molecular weight is 376 g/mol. The van der Waals surface area contributed by atoms with Gasteiger partial charge in [-0.05, 0) is 62.2 Å². The van der Waals surface area contributed by atoms with Gasteiger partial charge in [0.25, 0.3) is 0 Å². The van der Waals surface area contributed by atoms with Crippen LogP contribution in [0, 0.1) is 0 Å². The molecule has 0 aliphatic heterocycles. The van der Waals surface area contributed by atoms with Crippen molar-refractivity contribution in [3.63, 3.8) is 0 Å². The molecular formula is C19H24N2O4S. The minimum atomic E-state index is -3.81. The van der Waals surface area contributed by atoms with Crippen molar-refractivity contribution in [3.8, 4) is 5.75 Å². The second kappa shape index (κ2) is 8.82. The number of hydrogen-bond donors (Lipinski definition) is 2. The molecule has 1 atom stereocenters. The first-order valence-corrected chi connectivity index (χ1v) is 9.99. The number of rotatable bonds is 8. The van der Waals surface area contributed by atoms with Gasteiger partial charge in [0, 0.05) is 5.69 Å². The van der Waals surface area contributed by atoms with Crippen LogP contribution < -0.4 is 14.8 Å². The van der Waals surface area contributed by atoms with Gasteiger partial charge >= 0.3 is 0 Å². The summed E-state index contributed by atoms with van der Waals surface area (Å²) in [4.78, 5) is 12.3. The lowest BCUT2D eigenvalue weighted by molar-refractivity contribution is -0.117. The highest BCUT2D eigenvalue weighted by molar-refractivity contribution is 7.89. The Labute approximate surface area is 154 Å². The number of hydrogen-bond acceptors (Lipinski definition) is 4. The third-order valence-corrected chi connectivity index (χ3v) is 5.36. The summed E-state index contributed by atoms with van der Waals surface area (Å²) in [5.41, 5.74) is 1.78. The van der Waals surface area contributed by atoms with E-state index in [1.165, 1.54) is 19.1 Å². The van der Waals surface area contributed by atoms with Crippen LogP contribution in [0.2, 0.25) is 0 Å². The number of nitrogens with one attached hydrogen (secondary N) is 2. The fourth-order valence-electron chi connectivity index (χ4n) is 2.31. The molecule has 2 aromatic rings. The smallest absolute Gasteiger partial charge is 0.242 e. The molecular weight excluding hydrogens is 352 g/mol. The lowest BCUT2D eigenvalue weighted by Gasteiger charge is -2.15. The van der Waals surface area contributed by atoms with Crippen molar-refractivity contribution in [1.82, 2.24) is 4.72 Å². The summed E-state index contributed by atoms with van der Waals surface area (Å²) < 4.78 is 32.5. The van der Waals surface area contributed by atoms with Crippen LogP contribution in [-0.4, -0.2) is 27.0 Å². The van der Waals surface area contributed by atoms with Crippen LogP contribution in [0.1, 0.15) is 26.3 Å². The van der Waals surface area contributed by atoms with Crippen molar-refractivity contribution < 1.29 is 17.9 Å². The quantitative estimate of drug-likeness (QED) is 0.742. The van der Waals surface area contributed by atoms with Gasteiger partial charge in [-0.15, -0.1) is 0 Å². The predicted octanol–water partition coefficient (Wildman–Crippen LogP) is 2.95. The monoisotopic (exact) mass is 376 g/mol. The zero-order chi connectivity index (χ0) is 19.2. The van der Waals surface area contributed by atoms with E-state index in [9.17, 15) is 13.2 Å². The first kappa shape index (κ1) is 19.9. The van der Waals surface area contributed by atoms with Gasteiger partial charge in [0.1, 0.15) is 5.75 Å². The van der Waals surface area contributed by atoms with E-state index in [2.05, 4.69) is 10.0 Å². The van der Waals surface area contributed by atoms with Crippen molar-refractivity contribution in [2.24, 2.45) is 0 Å².